The average Bonchev–Trinajstić information content (AvgIpc) is 2.97. The van der Waals surface area contributed by atoms with Crippen molar-refractivity contribution in [2.75, 3.05) is 5.33 Å². The second kappa shape index (κ2) is 7.38. The third kappa shape index (κ3) is 3.58. The van der Waals surface area contributed by atoms with E-state index in [1.54, 1.807) is 12.1 Å². The third-order valence-electron chi connectivity index (χ3n) is 4.49. The van der Waals surface area contributed by atoms with Crippen molar-refractivity contribution >= 4 is 15.9 Å². The summed E-state index contributed by atoms with van der Waals surface area (Å²) in [6.45, 7) is 0.637. The summed E-state index contributed by atoms with van der Waals surface area (Å²) in [6, 6.07) is 17.2. The van der Waals surface area contributed by atoms with Gasteiger partial charge in [-0.05, 0) is 42.0 Å². The van der Waals surface area contributed by atoms with Crippen molar-refractivity contribution in [2.45, 2.75) is 31.5 Å². The molecule has 116 valence electrons. The Balaban J connectivity index is 1.73. The monoisotopic (exact) mass is 362 g/mol. The first kappa shape index (κ1) is 15.7. The number of rotatable bonds is 5. The van der Waals surface area contributed by atoms with Crippen molar-refractivity contribution in [1.29, 1.82) is 0 Å². The van der Waals surface area contributed by atoms with Gasteiger partial charge in [0.1, 0.15) is 5.82 Å². The maximum absolute atomic E-state index is 13.2. The average molecular weight is 363 g/mol. The maximum Gasteiger partial charge on any atom is 0.123 e. The van der Waals surface area contributed by atoms with E-state index < -0.39 is 0 Å². The lowest BCUT2D eigenvalue weighted by atomic mass is 9.89. The van der Waals surface area contributed by atoms with Gasteiger partial charge in [0.15, 0.2) is 0 Å². The molecule has 0 aromatic heterocycles. The highest BCUT2D eigenvalue weighted by Gasteiger charge is 2.37. The quantitative estimate of drug-likeness (QED) is 0.655. The van der Waals surface area contributed by atoms with Crippen LogP contribution in [0.1, 0.15) is 29.9 Å². The van der Waals surface area contributed by atoms with Crippen LogP contribution < -0.4 is 0 Å². The first-order chi connectivity index (χ1) is 10.8. The van der Waals surface area contributed by atoms with Gasteiger partial charge in [-0.2, -0.15) is 0 Å². The molecule has 1 aliphatic carbocycles. The van der Waals surface area contributed by atoms with E-state index in [0.29, 0.717) is 18.4 Å². The smallest absolute Gasteiger partial charge is 0.123 e. The molecular weight excluding hydrogens is 343 g/mol. The van der Waals surface area contributed by atoms with Gasteiger partial charge in [-0.25, -0.2) is 4.39 Å². The van der Waals surface area contributed by atoms with Gasteiger partial charge in [0.2, 0.25) is 0 Å². The van der Waals surface area contributed by atoms with E-state index >= 15 is 0 Å². The van der Waals surface area contributed by atoms with Crippen LogP contribution in [-0.2, 0) is 11.3 Å². The second-order valence-corrected chi connectivity index (χ2v) is 6.55. The van der Waals surface area contributed by atoms with Crippen molar-refractivity contribution in [3.63, 3.8) is 0 Å². The fourth-order valence-electron chi connectivity index (χ4n) is 3.35. The van der Waals surface area contributed by atoms with Crippen LogP contribution in [-0.4, -0.2) is 11.4 Å². The first-order valence-corrected chi connectivity index (χ1v) is 8.87. The van der Waals surface area contributed by atoms with Crippen LogP contribution in [0.5, 0.6) is 0 Å². The summed E-state index contributed by atoms with van der Waals surface area (Å²) >= 11 is 3.62. The summed E-state index contributed by atoms with van der Waals surface area (Å²) in [4.78, 5) is 0. The minimum Gasteiger partial charge on any atom is -0.373 e. The van der Waals surface area contributed by atoms with E-state index in [2.05, 4.69) is 28.1 Å². The zero-order chi connectivity index (χ0) is 15.4. The molecule has 0 amide bonds. The standard InChI is InChI=1S/C19H20BrFO/c20-12-16-8-11-18(22-13-14-4-2-1-3-5-14)19(16)15-6-9-17(21)10-7-15/h1-7,9-10,16,18-19H,8,11-13H2/t16-,18-,19-/m1/s1. The Morgan fingerprint density at radius 1 is 1.00 bits per heavy atom. The SMILES string of the molecule is Fc1ccc([C@@H]2[C@@H](CBr)CC[C@H]2OCc2ccccc2)cc1. The van der Waals surface area contributed by atoms with Crippen LogP contribution in [0.4, 0.5) is 4.39 Å². The molecule has 0 saturated heterocycles. The number of halogens is 2. The molecule has 0 aliphatic heterocycles. The zero-order valence-electron chi connectivity index (χ0n) is 12.4. The van der Waals surface area contributed by atoms with E-state index in [0.717, 1.165) is 18.2 Å². The highest BCUT2D eigenvalue weighted by Crippen LogP contribution is 2.42. The van der Waals surface area contributed by atoms with Crippen LogP contribution in [0.2, 0.25) is 0 Å². The predicted molar refractivity (Wildman–Crippen MR) is 90.7 cm³/mol. The maximum atomic E-state index is 13.2. The molecule has 22 heavy (non-hydrogen) atoms. The zero-order valence-corrected chi connectivity index (χ0v) is 14.0. The molecule has 0 bridgehead atoms. The van der Waals surface area contributed by atoms with Gasteiger partial charge >= 0.3 is 0 Å². The van der Waals surface area contributed by atoms with Crippen LogP contribution in [0.3, 0.4) is 0 Å². The summed E-state index contributed by atoms with van der Waals surface area (Å²) in [5.41, 5.74) is 2.38. The molecule has 0 radical (unpaired) electrons. The fourth-order valence-corrected chi connectivity index (χ4v) is 4.08. The van der Waals surface area contributed by atoms with Crippen LogP contribution in [0.25, 0.3) is 0 Å². The Labute approximate surface area is 139 Å². The van der Waals surface area contributed by atoms with Gasteiger partial charge in [-0.15, -0.1) is 0 Å². The third-order valence-corrected chi connectivity index (χ3v) is 5.32. The van der Waals surface area contributed by atoms with Crippen molar-refractivity contribution in [3.8, 4) is 0 Å². The minimum absolute atomic E-state index is 0.182. The number of hydrogen-bond acceptors (Lipinski definition) is 1. The van der Waals surface area contributed by atoms with E-state index in [1.807, 2.05) is 30.3 Å². The van der Waals surface area contributed by atoms with Crippen LogP contribution in [0, 0.1) is 11.7 Å². The predicted octanol–water partition coefficient (Wildman–Crippen LogP) is 5.30. The van der Waals surface area contributed by atoms with Crippen molar-refractivity contribution in [3.05, 3.63) is 71.5 Å². The largest absolute Gasteiger partial charge is 0.373 e. The lowest BCUT2D eigenvalue weighted by molar-refractivity contribution is 0.0309. The molecule has 1 nitrogen and oxygen atoms in total. The highest BCUT2D eigenvalue weighted by molar-refractivity contribution is 9.09. The summed E-state index contributed by atoms with van der Waals surface area (Å²) in [6.07, 6.45) is 2.41. The second-order valence-electron chi connectivity index (χ2n) is 5.90. The van der Waals surface area contributed by atoms with E-state index in [1.165, 1.54) is 11.1 Å². The minimum atomic E-state index is -0.182. The summed E-state index contributed by atoms with van der Waals surface area (Å²) in [5, 5.41) is 0.959. The van der Waals surface area contributed by atoms with Gasteiger partial charge < -0.3 is 4.74 Å². The highest BCUT2D eigenvalue weighted by atomic mass is 79.9. The molecule has 2 aromatic rings. The molecule has 3 atom stereocenters. The fraction of sp³-hybridized carbons (Fsp3) is 0.368. The number of alkyl halides is 1. The van der Waals surface area contributed by atoms with Crippen molar-refractivity contribution in [2.24, 2.45) is 5.92 Å². The molecule has 3 rings (SSSR count). The Kier molecular flexibility index (Phi) is 5.27. The van der Waals surface area contributed by atoms with Gasteiger partial charge in [-0.3, -0.25) is 0 Å². The number of hydrogen-bond donors (Lipinski definition) is 0. The summed E-state index contributed by atoms with van der Waals surface area (Å²) in [7, 11) is 0. The van der Waals surface area contributed by atoms with Crippen molar-refractivity contribution < 1.29 is 9.13 Å². The van der Waals surface area contributed by atoms with Gasteiger partial charge in [0.25, 0.3) is 0 Å². The van der Waals surface area contributed by atoms with E-state index in [4.69, 9.17) is 4.74 Å². The van der Waals surface area contributed by atoms with Crippen molar-refractivity contribution in [1.82, 2.24) is 0 Å². The lowest BCUT2D eigenvalue weighted by Gasteiger charge is -2.25. The molecule has 2 aromatic carbocycles. The van der Waals surface area contributed by atoms with Gasteiger partial charge in [-0.1, -0.05) is 58.4 Å². The van der Waals surface area contributed by atoms with Crippen LogP contribution in [0.15, 0.2) is 54.6 Å². The lowest BCUT2D eigenvalue weighted by Crippen LogP contribution is -2.21. The van der Waals surface area contributed by atoms with E-state index in [-0.39, 0.29) is 11.9 Å². The van der Waals surface area contributed by atoms with Crippen LogP contribution >= 0.6 is 15.9 Å². The topological polar surface area (TPSA) is 9.23 Å². The molecular formula is C19H20BrFO. The summed E-state index contributed by atoms with van der Waals surface area (Å²) < 4.78 is 19.4. The summed E-state index contributed by atoms with van der Waals surface area (Å²) in [5.74, 6) is 0.703. The molecule has 0 unspecified atom stereocenters. The molecule has 1 saturated carbocycles. The molecule has 3 heteroatoms. The molecule has 1 fully saturated rings. The Hall–Kier alpha value is -1.19. The normalized spacial score (nSPS) is 24.5. The number of benzene rings is 2. The molecule has 0 heterocycles. The number of ether oxygens (including phenoxy) is 1. The van der Waals surface area contributed by atoms with Gasteiger partial charge in [0, 0.05) is 11.2 Å². The first-order valence-electron chi connectivity index (χ1n) is 7.75. The Bertz CT molecular complexity index is 584. The van der Waals surface area contributed by atoms with Gasteiger partial charge in [0.05, 0.1) is 12.7 Å². The van der Waals surface area contributed by atoms with E-state index in [9.17, 15) is 4.39 Å². The molecule has 0 spiro atoms. The molecule has 1 aliphatic rings. The Morgan fingerprint density at radius 2 is 1.73 bits per heavy atom. The molecule has 0 N–H and O–H groups in total. The Morgan fingerprint density at radius 3 is 2.41 bits per heavy atom.